The minimum absolute atomic E-state index is 0.444. The van der Waals surface area contributed by atoms with Crippen LogP contribution in [0, 0.1) is 12.8 Å². The zero-order valence-corrected chi connectivity index (χ0v) is 12.5. The molecular formula is C17H22O3. The highest BCUT2D eigenvalue weighted by Gasteiger charge is 2.17. The van der Waals surface area contributed by atoms with Gasteiger partial charge in [0.2, 0.25) is 0 Å². The quantitative estimate of drug-likeness (QED) is 0.881. The molecule has 0 bridgehead atoms. The molecule has 1 aromatic carbocycles. The third-order valence-corrected chi connectivity index (χ3v) is 3.36. The van der Waals surface area contributed by atoms with Crippen LogP contribution in [0.3, 0.4) is 0 Å². The third-order valence-electron chi connectivity index (χ3n) is 3.36. The number of methoxy groups -OCH3 is 1. The molecule has 0 spiro atoms. The van der Waals surface area contributed by atoms with E-state index in [0.29, 0.717) is 5.92 Å². The number of hydrogen-bond donors (Lipinski definition) is 1. The van der Waals surface area contributed by atoms with Crippen molar-refractivity contribution in [2.24, 2.45) is 5.92 Å². The van der Waals surface area contributed by atoms with E-state index in [9.17, 15) is 5.11 Å². The number of hydrogen-bond acceptors (Lipinski definition) is 3. The number of rotatable bonds is 5. The van der Waals surface area contributed by atoms with Gasteiger partial charge in [-0.15, -0.1) is 0 Å². The average Bonchev–Trinajstić information content (AvgIpc) is 2.80. The fourth-order valence-corrected chi connectivity index (χ4v) is 2.32. The molecule has 0 radical (unpaired) electrons. The molecular weight excluding hydrogens is 252 g/mol. The Labute approximate surface area is 120 Å². The van der Waals surface area contributed by atoms with Gasteiger partial charge in [0.05, 0.1) is 13.2 Å². The molecule has 1 heterocycles. The van der Waals surface area contributed by atoms with Gasteiger partial charge in [-0.3, -0.25) is 0 Å². The van der Waals surface area contributed by atoms with Crippen LogP contribution in [0.2, 0.25) is 0 Å². The first-order valence-corrected chi connectivity index (χ1v) is 6.94. The van der Waals surface area contributed by atoms with Crippen LogP contribution < -0.4 is 4.74 Å². The molecule has 0 amide bonds. The van der Waals surface area contributed by atoms with Crippen molar-refractivity contribution < 1.29 is 14.3 Å². The Hall–Kier alpha value is -1.74. The Balaban J connectivity index is 2.30. The van der Waals surface area contributed by atoms with Gasteiger partial charge in [0.15, 0.2) is 0 Å². The minimum atomic E-state index is -0.474. The first-order chi connectivity index (χ1) is 9.51. The molecule has 2 aromatic rings. The zero-order chi connectivity index (χ0) is 14.7. The summed E-state index contributed by atoms with van der Waals surface area (Å²) in [5.74, 6) is 2.77. The molecule has 108 valence electrons. The first kappa shape index (κ1) is 14.7. The number of benzene rings is 1. The van der Waals surface area contributed by atoms with E-state index in [4.69, 9.17) is 9.15 Å². The van der Waals surface area contributed by atoms with E-state index < -0.39 is 6.10 Å². The average molecular weight is 274 g/mol. The topological polar surface area (TPSA) is 42.6 Å². The lowest BCUT2D eigenvalue weighted by Gasteiger charge is -2.11. The minimum Gasteiger partial charge on any atom is -0.497 e. The van der Waals surface area contributed by atoms with Crippen molar-refractivity contribution in [3.8, 4) is 17.1 Å². The molecule has 0 aliphatic heterocycles. The molecule has 2 rings (SSSR count). The number of aliphatic hydroxyl groups is 1. The highest BCUT2D eigenvalue weighted by Crippen LogP contribution is 2.32. The van der Waals surface area contributed by atoms with Gasteiger partial charge in [0.25, 0.3) is 0 Å². The van der Waals surface area contributed by atoms with E-state index in [1.54, 1.807) is 7.11 Å². The van der Waals surface area contributed by atoms with Gasteiger partial charge in [0, 0.05) is 11.1 Å². The normalized spacial score (nSPS) is 12.7. The first-order valence-electron chi connectivity index (χ1n) is 6.94. The molecule has 0 fully saturated rings. The van der Waals surface area contributed by atoms with Crippen LogP contribution in [-0.2, 0) is 0 Å². The molecule has 1 unspecified atom stereocenters. The van der Waals surface area contributed by atoms with Gasteiger partial charge in [0.1, 0.15) is 17.3 Å². The van der Waals surface area contributed by atoms with E-state index in [1.165, 1.54) is 0 Å². The Kier molecular flexibility index (Phi) is 4.50. The van der Waals surface area contributed by atoms with Gasteiger partial charge in [-0.25, -0.2) is 0 Å². The predicted octanol–water partition coefficient (Wildman–Crippen LogP) is 4.34. The van der Waals surface area contributed by atoms with E-state index in [2.05, 4.69) is 13.8 Å². The second kappa shape index (κ2) is 6.14. The number of aliphatic hydroxyl groups excluding tert-OH is 1. The van der Waals surface area contributed by atoms with Crippen LogP contribution in [0.4, 0.5) is 0 Å². The largest absolute Gasteiger partial charge is 0.497 e. The summed E-state index contributed by atoms with van der Waals surface area (Å²) in [6, 6.07) is 9.65. The highest BCUT2D eigenvalue weighted by atomic mass is 16.5. The smallest absolute Gasteiger partial charge is 0.134 e. The van der Waals surface area contributed by atoms with Crippen molar-refractivity contribution in [2.45, 2.75) is 33.3 Å². The lowest BCUT2D eigenvalue weighted by Crippen LogP contribution is -2.01. The summed E-state index contributed by atoms with van der Waals surface area (Å²) in [5, 5.41) is 10.2. The van der Waals surface area contributed by atoms with E-state index in [1.807, 2.05) is 37.3 Å². The van der Waals surface area contributed by atoms with E-state index in [-0.39, 0.29) is 0 Å². The SMILES string of the molecule is COc1cccc(-c2cc(C(O)CC(C)C)c(C)o2)c1. The van der Waals surface area contributed by atoms with Gasteiger partial charge in [-0.1, -0.05) is 26.0 Å². The van der Waals surface area contributed by atoms with Gasteiger partial charge in [-0.2, -0.15) is 0 Å². The number of furan rings is 1. The Bertz CT molecular complexity index is 569. The maximum Gasteiger partial charge on any atom is 0.134 e. The second-order valence-electron chi connectivity index (χ2n) is 5.50. The third kappa shape index (κ3) is 3.23. The lowest BCUT2D eigenvalue weighted by atomic mass is 9.99. The maximum absolute atomic E-state index is 10.2. The Morgan fingerprint density at radius 2 is 2.00 bits per heavy atom. The van der Waals surface area contributed by atoms with Crippen molar-refractivity contribution in [1.29, 1.82) is 0 Å². The maximum atomic E-state index is 10.2. The summed E-state index contributed by atoms with van der Waals surface area (Å²) >= 11 is 0. The monoisotopic (exact) mass is 274 g/mol. The summed E-state index contributed by atoms with van der Waals surface area (Å²) < 4.78 is 11.0. The molecule has 3 nitrogen and oxygen atoms in total. The van der Waals surface area contributed by atoms with Crippen molar-refractivity contribution in [3.63, 3.8) is 0 Å². The molecule has 3 heteroatoms. The van der Waals surface area contributed by atoms with E-state index >= 15 is 0 Å². The fraction of sp³-hybridized carbons (Fsp3) is 0.412. The summed E-state index contributed by atoms with van der Waals surface area (Å²) in [7, 11) is 1.64. The molecule has 1 aromatic heterocycles. The second-order valence-corrected chi connectivity index (χ2v) is 5.50. The van der Waals surface area contributed by atoms with Crippen molar-refractivity contribution in [1.82, 2.24) is 0 Å². The van der Waals surface area contributed by atoms with Crippen LogP contribution >= 0.6 is 0 Å². The summed E-state index contributed by atoms with van der Waals surface area (Å²) in [6.45, 7) is 6.09. The van der Waals surface area contributed by atoms with Crippen LogP contribution in [0.5, 0.6) is 5.75 Å². The standard InChI is InChI=1S/C17H22O3/c1-11(2)8-16(18)15-10-17(20-12(15)3)13-6-5-7-14(9-13)19-4/h5-7,9-11,16,18H,8H2,1-4H3. The van der Waals surface area contributed by atoms with Gasteiger partial charge < -0.3 is 14.3 Å². The molecule has 0 saturated carbocycles. The van der Waals surface area contributed by atoms with E-state index in [0.717, 1.165) is 34.8 Å². The summed E-state index contributed by atoms with van der Waals surface area (Å²) in [5.41, 5.74) is 1.83. The molecule has 20 heavy (non-hydrogen) atoms. The Morgan fingerprint density at radius 3 is 2.65 bits per heavy atom. The van der Waals surface area contributed by atoms with Crippen LogP contribution in [0.1, 0.15) is 37.7 Å². The fourth-order valence-electron chi connectivity index (χ4n) is 2.32. The lowest BCUT2D eigenvalue weighted by molar-refractivity contribution is 0.149. The number of ether oxygens (including phenoxy) is 1. The van der Waals surface area contributed by atoms with Gasteiger partial charge >= 0.3 is 0 Å². The van der Waals surface area contributed by atoms with Crippen LogP contribution in [0.15, 0.2) is 34.7 Å². The van der Waals surface area contributed by atoms with Crippen molar-refractivity contribution in [3.05, 3.63) is 41.7 Å². The molecule has 1 atom stereocenters. The zero-order valence-electron chi connectivity index (χ0n) is 12.5. The molecule has 1 N–H and O–H groups in total. The highest BCUT2D eigenvalue weighted by molar-refractivity contribution is 5.61. The van der Waals surface area contributed by atoms with Crippen LogP contribution in [0.25, 0.3) is 11.3 Å². The Morgan fingerprint density at radius 1 is 1.25 bits per heavy atom. The van der Waals surface area contributed by atoms with Crippen LogP contribution in [-0.4, -0.2) is 12.2 Å². The summed E-state index contributed by atoms with van der Waals surface area (Å²) in [4.78, 5) is 0. The summed E-state index contributed by atoms with van der Waals surface area (Å²) in [6.07, 6.45) is 0.260. The van der Waals surface area contributed by atoms with Crippen molar-refractivity contribution >= 4 is 0 Å². The predicted molar refractivity (Wildman–Crippen MR) is 79.8 cm³/mol. The number of aryl methyl sites for hydroxylation is 1. The molecule has 0 aliphatic carbocycles. The molecule has 0 aliphatic rings. The molecule has 0 saturated heterocycles. The van der Waals surface area contributed by atoms with Gasteiger partial charge in [-0.05, 0) is 37.5 Å². The van der Waals surface area contributed by atoms with Crippen molar-refractivity contribution in [2.75, 3.05) is 7.11 Å².